The number of pyridine rings is 2. The van der Waals surface area contributed by atoms with Crippen molar-refractivity contribution in [3.05, 3.63) is 67.5 Å². The standard InChI is InChI=1S/C38H57N7O9S2/c1-4-7-24-53-44-29(15-14-28(37(44)50)35(48)42-19-9-11-31(42)55)34(47)40-18-22-41(23-26-52-6-3)21-17-39-33(46)27-13-16-30(38(51)43-20-10-12-32(43)56)45(36(27)49)54-25-8-5-2/h13-16,31-32,55-56H,4-12,17-26H2,1-3H3,(H,39,46)(H,40,47)/t31-,32+/m0/s1. The number of nitrogens with one attached hydrogen (secondary N) is 2. The monoisotopic (exact) mass is 819 g/mol. The first-order valence-electron chi connectivity index (χ1n) is 19.7. The molecule has 4 amide bonds. The quantitative estimate of drug-likeness (QED) is 0.102. The number of likely N-dealkylation sites (tertiary alicyclic amines) is 2. The predicted molar refractivity (Wildman–Crippen MR) is 218 cm³/mol. The molecule has 56 heavy (non-hydrogen) atoms. The maximum Gasteiger partial charge on any atom is 0.296 e. The van der Waals surface area contributed by atoms with Crippen molar-refractivity contribution < 1.29 is 33.6 Å². The highest BCUT2D eigenvalue weighted by molar-refractivity contribution is 7.81. The minimum atomic E-state index is -0.730. The zero-order chi connectivity index (χ0) is 40.6. The molecule has 2 fully saturated rings. The number of rotatable bonds is 22. The van der Waals surface area contributed by atoms with Gasteiger partial charge >= 0.3 is 0 Å². The highest BCUT2D eigenvalue weighted by atomic mass is 32.1. The van der Waals surface area contributed by atoms with Gasteiger partial charge in [-0.15, -0.1) is 9.46 Å². The Hall–Kier alpha value is -4.00. The molecule has 4 heterocycles. The second-order valence-electron chi connectivity index (χ2n) is 13.6. The summed E-state index contributed by atoms with van der Waals surface area (Å²) in [4.78, 5) is 96.9. The molecule has 0 aromatic carbocycles. The number of unbranched alkanes of at least 4 members (excludes halogenated alkanes) is 2. The number of ether oxygens (including phenoxy) is 1. The van der Waals surface area contributed by atoms with Crippen LogP contribution in [0, 0.1) is 0 Å². The highest BCUT2D eigenvalue weighted by Crippen LogP contribution is 2.23. The van der Waals surface area contributed by atoms with Crippen molar-refractivity contribution in [3.63, 3.8) is 0 Å². The topological polar surface area (TPSA) is 174 Å². The average Bonchev–Trinajstić information content (AvgIpc) is 3.82. The molecule has 18 heteroatoms. The molecule has 310 valence electrons. The maximum absolute atomic E-state index is 13.5. The van der Waals surface area contributed by atoms with Crippen molar-refractivity contribution in [1.82, 2.24) is 34.8 Å². The molecule has 2 N–H and O–H groups in total. The van der Waals surface area contributed by atoms with E-state index in [9.17, 15) is 28.8 Å². The van der Waals surface area contributed by atoms with Crippen LogP contribution in [0.1, 0.15) is 114 Å². The summed E-state index contributed by atoms with van der Waals surface area (Å²) in [6.45, 7) is 9.68. The van der Waals surface area contributed by atoms with Gasteiger partial charge in [0.1, 0.15) is 35.7 Å². The molecule has 0 saturated carbocycles. The van der Waals surface area contributed by atoms with Crippen LogP contribution in [0.25, 0.3) is 0 Å². The third-order valence-electron chi connectivity index (χ3n) is 9.59. The number of carbonyl (C=O) groups excluding carboxylic acids is 4. The number of nitrogens with zero attached hydrogens (tertiary/aromatic N) is 5. The van der Waals surface area contributed by atoms with E-state index in [1.54, 1.807) is 9.80 Å². The third kappa shape index (κ3) is 11.8. The third-order valence-corrected chi connectivity index (χ3v) is 10.7. The zero-order valence-electron chi connectivity index (χ0n) is 32.7. The molecule has 2 aliphatic heterocycles. The lowest BCUT2D eigenvalue weighted by molar-refractivity contribution is 0.0628. The Bertz CT molecular complexity index is 1770. The van der Waals surface area contributed by atoms with Crippen LogP contribution in [0.5, 0.6) is 0 Å². The second-order valence-corrected chi connectivity index (χ2v) is 14.8. The molecule has 0 bridgehead atoms. The smallest absolute Gasteiger partial charge is 0.296 e. The van der Waals surface area contributed by atoms with Crippen LogP contribution in [0.15, 0.2) is 33.9 Å². The van der Waals surface area contributed by atoms with Gasteiger partial charge in [-0.1, -0.05) is 26.7 Å². The van der Waals surface area contributed by atoms with E-state index >= 15 is 0 Å². The first-order chi connectivity index (χ1) is 27.0. The van der Waals surface area contributed by atoms with E-state index in [-0.39, 0.29) is 65.5 Å². The number of hydrogen-bond donors (Lipinski definition) is 4. The second kappa shape index (κ2) is 22.7. The number of aromatic nitrogens is 2. The molecule has 0 unspecified atom stereocenters. The van der Waals surface area contributed by atoms with Crippen molar-refractivity contribution in [2.75, 3.05) is 72.2 Å². The molecule has 2 aliphatic rings. The zero-order valence-corrected chi connectivity index (χ0v) is 34.5. The average molecular weight is 820 g/mol. The maximum atomic E-state index is 13.5. The fourth-order valence-corrected chi connectivity index (χ4v) is 7.15. The van der Waals surface area contributed by atoms with Crippen molar-refractivity contribution in [2.24, 2.45) is 0 Å². The van der Waals surface area contributed by atoms with E-state index in [4.69, 9.17) is 14.4 Å². The number of amides is 4. The fourth-order valence-electron chi connectivity index (χ4n) is 6.35. The lowest BCUT2D eigenvalue weighted by Crippen LogP contribution is -2.44. The molecule has 0 radical (unpaired) electrons. The van der Waals surface area contributed by atoms with Crippen molar-refractivity contribution in [1.29, 1.82) is 0 Å². The normalized spacial score (nSPS) is 16.7. The van der Waals surface area contributed by atoms with Crippen LogP contribution in [-0.4, -0.2) is 131 Å². The van der Waals surface area contributed by atoms with Crippen LogP contribution < -0.4 is 31.4 Å². The molecular weight excluding hydrogens is 763 g/mol. The molecule has 2 aromatic rings. The van der Waals surface area contributed by atoms with Gasteiger partial charge in [0.2, 0.25) is 0 Å². The van der Waals surface area contributed by atoms with E-state index in [1.165, 1.54) is 24.3 Å². The summed E-state index contributed by atoms with van der Waals surface area (Å²) in [6.07, 6.45) is 5.98. The highest BCUT2D eigenvalue weighted by Gasteiger charge is 2.31. The van der Waals surface area contributed by atoms with Gasteiger partial charge in [-0.3, -0.25) is 33.7 Å². The van der Waals surface area contributed by atoms with Gasteiger partial charge in [0.15, 0.2) is 0 Å². The summed E-state index contributed by atoms with van der Waals surface area (Å²) in [7, 11) is 0. The molecule has 4 rings (SSSR count). The Morgan fingerprint density at radius 1 is 0.696 bits per heavy atom. The summed E-state index contributed by atoms with van der Waals surface area (Å²) < 4.78 is 7.38. The van der Waals surface area contributed by atoms with E-state index in [0.717, 1.165) is 48.0 Å². The molecule has 2 saturated heterocycles. The predicted octanol–water partition coefficient (Wildman–Crippen LogP) is 1.95. The van der Waals surface area contributed by atoms with Crippen molar-refractivity contribution >= 4 is 48.9 Å². The first-order valence-corrected chi connectivity index (χ1v) is 20.7. The molecular formula is C38H57N7O9S2. The van der Waals surface area contributed by atoms with Gasteiger partial charge in [0.05, 0.1) is 17.4 Å². The molecule has 2 aromatic heterocycles. The van der Waals surface area contributed by atoms with Gasteiger partial charge in [-0.05, 0) is 69.7 Å². The summed E-state index contributed by atoms with van der Waals surface area (Å²) >= 11 is 8.97. The Morgan fingerprint density at radius 2 is 1.21 bits per heavy atom. The Labute approximate surface area is 338 Å². The summed E-state index contributed by atoms with van der Waals surface area (Å²) in [5.74, 6) is -2.01. The number of carbonyl (C=O) groups is 4. The number of thiol groups is 2. The van der Waals surface area contributed by atoms with Gasteiger partial charge in [-0.2, -0.15) is 25.3 Å². The summed E-state index contributed by atoms with van der Waals surface area (Å²) in [6, 6.07) is 5.55. The Kier molecular flexibility index (Phi) is 18.1. The van der Waals surface area contributed by atoms with Crippen LogP contribution in [0.4, 0.5) is 0 Å². The van der Waals surface area contributed by atoms with Gasteiger partial charge in [0.25, 0.3) is 34.7 Å². The van der Waals surface area contributed by atoms with Crippen LogP contribution >= 0.6 is 25.3 Å². The molecule has 0 spiro atoms. The SMILES string of the molecule is CCCCOn1c(C(=O)NCCN(CCNC(=O)c2ccc(C(=O)N3CCC[C@H]3S)n(OCCCC)c2=O)CCOCC)ccc(C(=O)N2CCC[C@@H]2S)c1=O. The largest absolute Gasteiger partial charge is 0.410 e. The molecule has 16 nitrogen and oxygen atoms in total. The fraction of sp³-hybridized carbons (Fsp3) is 0.632. The lowest BCUT2D eigenvalue weighted by Gasteiger charge is -2.23. The molecule has 2 atom stereocenters. The van der Waals surface area contributed by atoms with E-state index < -0.39 is 28.8 Å². The summed E-state index contributed by atoms with van der Waals surface area (Å²) in [5, 5.41) is 5.08. The van der Waals surface area contributed by atoms with Crippen molar-refractivity contribution in [3.8, 4) is 0 Å². The van der Waals surface area contributed by atoms with E-state index in [2.05, 4.69) is 35.9 Å². The van der Waals surface area contributed by atoms with Crippen molar-refractivity contribution in [2.45, 2.75) is 82.9 Å². The van der Waals surface area contributed by atoms with Gasteiger partial charge < -0.3 is 34.8 Å². The summed E-state index contributed by atoms with van der Waals surface area (Å²) in [5.41, 5.74) is -1.70. The van der Waals surface area contributed by atoms with E-state index in [1.807, 2.05) is 25.7 Å². The van der Waals surface area contributed by atoms with Gasteiger partial charge in [0, 0.05) is 52.4 Å². The van der Waals surface area contributed by atoms with Gasteiger partial charge in [-0.25, -0.2) is 0 Å². The van der Waals surface area contributed by atoms with Crippen LogP contribution in [0.3, 0.4) is 0 Å². The lowest BCUT2D eigenvalue weighted by atomic mass is 10.2. The molecule has 0 aliphatic carbocycles. The van der Waals surface area contributed by atoms with E-state index in [0.29, 0.717) is 58.8 Å². The minimum absolute atomic E-state index is 0.0374. The van der Waals surface area contributed by atoms with Crippen LogP contribution in [-0.2, 0) is 4.74 Å². The minimum Gasteiger partial charge on any atom is -0.410 e. The van der Waals surface area contributed by atoms with Crippen LogP contribution in [0.2, 0.25) is 0 Å². The Morgan fingerprint density at radius 3 is 1.77 bits per heavy atom. The number of hydrogen-bond acceptors (Lipinski definition) is 12. The first kappa shape index (κ1) is 44.7. The Balaban J connectivity index is 1.40.